The number of hydrogen-bond acceptors (Lipinski definition) is 7. The minimum atomic E-state index is -4.62. The Morgan fingerprint density at radius 1 is 1.04 bits per heavy atom. The maximum Gasteiger partial charge on any atom is 0.403 e. The molecule has 0 saturated heterocycles. The first kappa shape index (κ1) is 33.6. The number of nitrogens with zero attached hydrogens (tertiary/aromatic N) is 2. The van der Waals surface area contributed by atoms with E-state index >= 15 is 0 Å². The molecule has 2 saturated carbocycles. The van der Waals surface area contributed by atoms with Crippen LogP contribution < -0.4 is 20.7 Å². The summed E-state index contributed by atoms with van der Waals surface area (Å²) < 4.78 is 89.7. The molecule has 1 aromatic carbocycles. The van der Waals surface area contributed by atoms with Crippen LogP contribution in [0.25, 0.3) is 11.2 Å². The van der Waals surface area contributed by atoms with Gasteiger partial charge in [0, 0.05) is 19.7 Å². The summed E-state index contributed by atoms with van der Waals surface area (Å²) in [7, 11) is 1.47. The summed E-state index contributed by atoms with van der Waals surface area (Å²) in [5, 5.41) is 8.36. The maximum atomic E-state index is 13.3. The van der Waals surface area contributed by atoms with Crippen molar-refractivity contribution in [3.8, 4) is 5.88 Å². The molecule has 2 amide bonds. The van der Waals surface area contributed by atoms with Crippen LogP contribution in [0.5, 0.6) is 5.88 Å². The van der Waals surface area contributed by atoms with Crippen molar-refractivity contribution >= 4 is 46.2 Å². The van der Waals surface area contributed by atoms with E-state index < -0.39 is 41.5 Å². The molecule has 10 nitrogen and oxygen atoms in total. The Balaban J connectivity index is 1.30. The Hall–Kier alpha value is -3.79. The summed E-state index contributed by atoms with van der Waals surface area (Å²) in [5.41, 5.74) is -0.999. The molecule has 2 aliphatic carbocycles. The minimum Gasteiger partial charge on any atom is -0.475 e. The molecule has 2 aromatic heterocycles. The lowest BCUT2D eigenvalue weighted by molar-refractivity contribution is -0.192. The van der Waals surface area contributed by atoms with Gasteiger partial charge in [0.1, 0.15) is 17.6 Å². The van der Waals surface area contributed by atoms with Crippen LogP contribution in [0.1, 0.15) is 54.4 Å². The number of H-pyrrole nitrogens is 1. The Morgan fingerprint density at radius 3 is 2.39 bits per heavy atom. The summed E-state index contributed by atoms with van der Waals surface area (Å²) in [6.45, 7) is 0.0926. The molecule has 2 heterocycles. The number of ether oxygens (including phenoxy) is 2. The van der Waals surface area contributed by atoms with Crippen molar-refractivity contribution in [2.45, 2.75) is 63.5 Å². The van der Waals surface area contributed by atoms with Gasteiger partial charge in [-0.3, -0.25) is 9.59 Å². The van der Waals surface area contributed by atoms with Gasteiger partial charge in [0.15, 0.2) is 5.65 Å². The van der Waals surface area contributed by atoms with E-state index in [1.54, 1.807) is 12.1 Å². The first-order chi connectivity index (χ1) is 21.7. The van der Waals surface area contributed by atoms with Gasteiger partial charge < -0.3 is 30.4 Å². The molecule has 46 heavy (non-hydrogen) atoms. The minimum absolute atomic E-state index is 0.0415. The predicted octanol–water partition coefficient (Wildman–Crippen LogP) is 6.19. The van der Waals surface area contributed by atoms with E-state index in [1.165, 1.54) is 19.2 Å². The van der Waals surface area contributed by atoms with Gasteiger partial charge in [0.25, 0.3) is 5.91 Å². The van der Waals surface area contributed by atoms with Gasteiger partial charge in [-0.05, 0) is 62.3 Å². The number of aromatic amines is 1. The Bertz CT molecular complexity index is 1580. The number of hydrogen-bond donors (Lipinski definition) is 4. The quantitative estimate of drug-likeness (QED) is 0.141. The number of pyridine rings is 1. The first-order valence-corrected chi connectivity index (χ1v) is 14.9. The molecule has 0 bridgehead atoms. The fourth-order valence-electron chi connectivity index (χ4n) is 5.33. The highest BCUT2D eigenvalue weighted by Gasteiger charge is 2.68. The molecule has 4 N–H and O–H groups in total. The standard InChI is InChI=1S/C29H31ClF6N6O4/c1-45-10-11-46-24-18(23(43)38-17-5-3-16(4-6-17)28(31,32)33)13-21-22(41-24)42-26(40-21)39-20-12-15(2-7-19(20)30)14-37-25(44)27(8-9-27)29(34,35)36/h2,7,12-13,16-17H,3-6,8-11,14H2,1H3,(H,37,44)(H,38,43)(H2,39,40,41,42). The van der Waals surface area contributed by atoms with Gasteiger partial charge in [-0.25, -0.2) is 0 Å². The molecule has 0 radical (unpaired) electrons. The number of carbonyl (C=O) groups is 2. The molecule has 0 atom stereocenters. The first-order valence-electron chi connectivity index (χ1n) is 14.5. The Labute approximate surface area is 264 Å². The third kappa shape index (κ3) is 7.43. The number of carbonyl (C=O) groups excluding carboxylic acids is 2. The predicted molar refractivity (Wildman–Crippen MR) is 155 cm³/mol. The third-order valence-electron chi connectivity index (χ3n) is 8.20. The summed E-state index contributed by atoms with van der Waals surface area (Å²) in [6, 6.07) is 5.62. The molecular formula is C29H31ClF6N6O4. The van der Waals surface area contributed by atoms with Crippen LogP contribution in [-0.4, -0.2) is 65.5 Å². The Kier molecular flexibility index (Phi) is 9.59. The lowest BCUT2D eigenvalue weighted by Crippen LogP contribution is -2.40. The molecule has 250 valence electrons. The molecule has 0 spiro atoms. The highest BCUT2D eigenvalue weighted by atomic mass is 35.5. The average molecular weight is 677 g/mol. The van der Waals surface area contributed by atoms with Crippen LogP contribution >= 0.6 is 11.6 Å². The largest absolute Gasteiger partial charge is 0.475 e. The van der Waals surface area contributed by atoms with E-state index in [2.05, 4.69) is 30.9 Å². The van der Waals surface area contributed by atoms with Crippen LogP contribution in [0.15, 0.2) is 24.3 Å². The zero-order chi connectivity index (χ0) is 33.3. The van der Waals surface area contributed by atoms with Gasteiger partial charge in [0.05, 0.1) is 28.8 Å². The van der Waals surface area contributed by atoms with E-state index in [0.717, 1.165) is 0 Å². The lowest BCUT2D eigenvalue weighted by atomic mass is 9.85. The van der Waals surface area contributed by atoms with Gasteiger partial charge in [0.2, 0.25) is 17.7 Å². The SMILES string of the molecule is COCCOc1nc2nc(Nc3cc(CNC(=O)C4(C(F)(F)F)CC4)ccc3Cl)[nH]c2cc1C(=O)NC1CCC(C(F)(F)F)CC1. The smallest absolute Gasteiger partial charge is 0.403 e. The molecule has 2 aliphatic rings. The lowest BCUT2D eigenvalue weighted by Gasteiger charge is -2.30. The second kappa shape index (κ2) is 13.1. The molecular weight excluding hydrogens is 646 g/mol. The fraction of sp³-hybridized carbons (Fsp3) is 0.517. The van der Waals surface area contributed by atoms with Gasteiger partial charge >= 0.3 is 12.4 Å². The van der Waals surface area contributed by atoms with Crippen LogP contribution in [0.4, 0.5) is 38.0 Å². The van der Waals surface area contributed by atoms with Crippen molar-refractivity contribution in [1.82, 2.24) is 25.6 Å². The number of nitrogens with one attached hydrogen (secondary N) is 4. The average Bonchev–Trinajstić information content (AvgIpc) is 3.73. The number of amides is 2. The summed E-state index contributed by atoms with van der Waals surface area (Å²) in [5.74, 6) is -2.93. The number of benzene rings is 1. The summed E-state index contributed by atoms with van der Waals surface area (Å²) in [6.07, 6.45) is -9.19. The molecule has 0 aliphatic heterocycles. The molecule has 5 rings (SSSR count). The van der Waals surface area contributed by atoms with Crippen molar-refractivity contribution in [3.05, 3.63) is 40.4 Å². The third-order valence-corrected chi connectivity index (χ3v) is 8.53. The highest BCUT2D eigenvalue weighted by Crippen LogP contribution is 2.57. The molecule has 2 fully saturated rings. The topological polar surface area (TPSA) is 130 Å². The highest BCUT2D eigenvalue weighted by molar-refractivity contribution is 6.33. The number of fused-ring (bicyclic) bond motifs is 1. The van der Waals surface area contributed by atoms with Gasteiger partial charge in [-0.15, -0.1) is 0 Å². The summed E-state index contributed by atoms with van der Waals surface area (Å²) >= 11 is 6.34. The van der Waals surface area contributed by atoms with E-state index in [1.807, 2.05) is 0 Å². The normalized spacial score (nSPS) is 19.5. The van der Waals surface area contributed by atoms with E-state index in [9.17, 15) is 35.9 Å². The van der Waals surface area contributed by atoms with E-state index in [-0.39, 0.29) is 86.3 Å². The number of alkyl halides is 6. The second-order valence-corrected chi connectivity index (χ2v) is 11.8. The number of methoxy groups -OCH3 is 1. The van der Waals surface area contributed by atoms with Crippen molar-refractivity contribution in [3.63, 3.8) is 0 Å². The molecule has 0 unspecified atom stereocenters. The van der Waals surface area contributed by atoms with Gasteiger partial charge in [-0.1, -0.05) is 17.7 Å². The van der Waals surface area contributed by atoms with Crippen LogP contribution in [0, 0.1) is 11.3 Å². The van der Waals surface area contributed by atoms with Crippen molar-refractivity contribution in [2.75, 3.05) is 25.6 Å². The number of aromatic nitrogens is 3. The number of rotatable bonds is 11. The van der Waals surface area contributed by atoms with Crippen molar-refractivity contribution < 1.29 is 45.4 Å². The maximum absolute atomic E-state index is 13.3. The van der Waals surface area contributed by atoms with E-state index in [4.69, 9.17) is 21.1 Å². The van der Waals surface area contributed by atoms with Crippen molar-refractivity contribution in [1.29, 1.82) is 0 Å². The molecule has 3 aromatic rings. The van der Waals surface area contributed by atoms with E-state index in [0.29, 0.717) is 16.8 Å². The molecule has 17 heteroatoms. The number of imidazole rings is 1. The Morgan fingerprint density at radius 2 is 1.76 bits per heavy atom. The van der Waals surface area contributed by atoms with Crippen LogP contribution in [0.3, 0.4) is 0 Å². The zero-order valence-electron chi connectivity index (χ0n) is 24.5. The summed E-state index contributed by atoms with van der Waals surface area (Å²) in [4.78, 5) is 37.2. The fourth-order valence-corrected chi connectivity index (χ4v) is 5.49. The van der Waals surface area contributed by atoms with Crippen LogP contribution in [-0.2, 0) is 16.1 Å². The monoisotopic (exact) mass is 676 g/mol. The van der Waals surface area contributed by atoms with Crippen molar-refractivity contribution in [2.24, 2.45) is 11.3 Å². The van der Waals surface area contributed by atoms with Crippen LogP contribution in [0.2, 0.25) is 5.02 Å². The zero-order valence-corrected chi connectivity index (χ0v) is 25.3. The van der Waals surface area contributed by atoms with Gasteiger partial charge in [-0.2, -0.15) is 36.3 Å². The number of halogens is 7. The number of anilines is 2. The second-order valence-electron chi connectivity index (χ2n) is 11.4.